The molecule has 15 heavy (non-hydrogen) atoms. The molecule has 2 rings (SSSR count). The summed E-state index contributed by atoms with van der Waals surface area (Å²) >= 11 is 0. The monoisotopic (exact) mass is 205 g/mol. The standard InChI is InChI=1S/C9H7N3O3/c1-6-8(12(14)15)9(13)11-5-3-2-4-7(11)10-6/h2-5H,1H3. The minimum atomic E-state index is -0.704. The minimum Gasteiger partial charge on any atom is -0.262 e. The van der Waals surface area contributed by atoms with E-state index >= 15 is 0 Å². The molecule has 0 saturated carbocycles. The fraction of sp³-hybridized carbons (Fsp3) is 0.111. The van der Waals surface area contributed by atoms with E-state index < -0.39 is 16.2 Å². The van der Waals surface area contributed by atoms with Crippen molar-refractivity contribution in [1.29, 1.82) is 0 Å². The quantitative estimate of drug-likeness (QED) is 0.512. The summed E-state index contributed by atoms with van der Waals surface area (Å²) in [6.07, 6.45) is 1.46. The van der Waals surface area contributed by atoms with Crippen LogP contribution in [0, 0.1) is 17.0 Å². The summed E-state index contributed by atoms with van der Waals surface area (Å²) in [6.45, 7) is 1.45. The Morgan fingerprint density at radius 1 is 1.47 bits per heavy atom. The first-order valence-corrected chi connectivity index (χ1v) is 4.23. The summed E-state index contributed by atoms with van der Waals surface area (Å²) in [7, 11) is 0. The van der Waals surface area contributed by atoms with Gasteiger partial charge in [0.2, 0.25) is 0 Å². The largest absolute Gasteiger partial charge is 0.355 e. The molecule has 0 atom stereocenters. The van der Waals surface area contributed by atoms with Gasteiger partial charge in [-0.25, -0.2) is 4.98 Å². The van der Waals surface area contributed by atoms with Gasteiger partial charge in [0.15, 0.2) is 0 Å². The number of pyridine rings is 1. The lowest BCUT2D eigenvalue weighted by molar-refractivity contribution is -0.387. The summed E-state index contributed by atoms with van der Waals surface area (Å²) in [5, 5.41) is 10.6. The smallest absolute Gasteiger partial charge is 0.262 e. The molecule has 6 nitrogen and oxygen atoms in total. The molecule has 0 amide bonds. The molecule has 76 valence electrons. The lowest BCUT2D eigenvalue weighted by Crippen LogP contribution is -2.19. The highest BCUT2D eigenvalue weighted by Gasteiger charge is 2.19. The SMILES string of the molecule is Cc1nc2ccccn2c(=O)c1[N+](=O)[O-]. The van der Waals surface area contributed by atoms with Crippen LogP contribution in [0.25, 0.3) is 5.65 Å². The van der Waals surface area contributed by atoms with E-state index in [4.69, 9.17) is 0 Å². The highest BCUT2D eigenvalue weighted by atomic mass is 16.6. The number of hydrogen-bond donors (Lipinski definition) is 0. The van der Waals surface area contributed by atoms with Gasteiger partial charge in [0.05, 0.1) is 4.92 Å². The van der Waals surface area contributed by atoms with Crippen LogP contribution in [0.1, 0.15) is 5.69 Å². The molecule has 2 heterocycles. The number of fused-ring (bicyclic) bond motifs is 1. The molecule has 2 aromatic heterocycles. The Morgan fingerprint density at radius 3 is 2.87 bits per heavy atom. The van der Waals surface area contributed by atoms with E-state index in [-0.39, 0.29) is 5.69 Å². The Labute approximate surface area is 84.0 Å². The van der Waals surface area contributed by atoms with E-state index in [1.165, 1.54) is 13.1 Å². The Balaban J connectivity index is 2.97. The maximum Gasteiger partial charge on any atom is 0.355 e. The van der Waals surface area contributed by atoms with Crippen molar-refractivity contribution < 1.29 is 4.92 Å². The minimum absolute atomic E-state index is 0.135. The van der Waals surface area contributed by atoms with Gasteiger partial charge < -0.3 is 0 Å². The molecule has 0 aromatic carbocycles. The summed E-state index contributed by atoms with van der Waals surface area (Å²) in [5.74, 6) is 0. The summed E-state index contributed by atoms with van der Waals surface area (Å²) in [6, 6.07) is 4.96. The Kier molecular flexibility index (Phi) is 1.96. The molecule has 0 fully saturated rings. The van der Waals surface area contributed by atoms with Crippen LogP contribution < -0.4 is 5.56 Å². The number of nitro groups is 1. The zero-order valence-corrected chi connectivity index (χ0v) is 7.88. The predicted octanol–water partition coefficient (Wildman–Crippen LogP) is 0.911. The number of hydrogen-bond acceptors (Lipinski definition) is 4. The molecule has 0 unspecified atom stereocenters. The molecule has 0 aliphatic heterocycles. The van der Waals surface area contributed by atoms with Crippen molar-refractivity contribution in [2.24, 2.45) is 0 Å². The third kappa shape index (κ3) is 1.35. The van der Waals surface area contributed by atoms with Crippen molar-refractivity contribution in [3.8, 4) is 0 Å². The average Bonchev–Trinajstić information content (AvgIpc) is 2.17. The van der Waals surface area contributed by atoms with Gasteiger partial charge in [-0.15, -0.1) is 0 Å². The van der Waals surface area contributed by atoms with Gasteiger partial charge in [-0.1, -0.05) is 6.07 Å². The van der Waals surface area contributed by atoms with E-state index in [0.29, 0.717) is 5.65 Å². The molecule has 0 spiro atoms. The van der Waals surface area contributed by atoms with Crippen molar-refractivity contribution in [3.05, 3.63) is 50.6 Å². The second-order valence-corrected chi connectivity index (χ2v) is 3.04. The van der Waals surface area contributed by atoms with Gasteiger partial charge in [0, 0.05) is 6.20 Å². The van der Waals surface area contributed by atoms with Crippen molar-refractivity contribution >= 4 is 11.3 Å². The Hall–Kier alpha value is -2.24. The van der Waals surface area contributed by atoms with E-state index in [1.54, 1.807) is 18.2 Å². The van der Waals surface area contributed by atoms with Crippen LogP contribution in [0.4, 0.5) is 5.69 Å². The number of aromatic nitrogens is 2. The average molecular weight is 205 g/mol. The molecule has 6 heteroatoms. The molecule has 0 radical (unpaired) electrons. The first-order chi connectivity index (χ1) is 7.11. The number of aryl methyl sites for hydroxylation is 1. The van der Waals surface area contributed by atoms with E-state index in [1.807, 2.05) is 0 Å². The molecule has 2 aromatic rings. The predicted molar refractivity (Wildman–Crippen MR) is 52.9 cm³/mol. The second-order valence-electron chi connectivity index (χ2n) is 3.04. The normalized spacial score (nSPS) is 10.5. The van der Waals surface area contributed by atoms with Crippen LogP contribution >= 0.6 is 0 Å². The van der Waals surface area contributed by atoms with Gasteiger partial charge in [-0.05, 0) is 19.1 Å². The zero-order valence-electron chi connectivity index (χ0n) is 7.88. The number of nitrogens with zero attached hydrogens (tertiary/aromatic N) is 3. The van der Waals surface area contributed by atoms with E-state index in [0.717, 1.165) is 4.40 Å². The van der Waals surface area contributed by atoms with Crippen LogP contribution in [-0.4, -0.2) is 14.3 Å². The van der Waals surface area contributed by atoms with Gasteiger partial charge in [-0.3, -0.25) is 19.3 Å². The van der Waals surface area contributed by atoms with Crippen molar-refractivity contribution in [1.82, 2.24) is 9.38 Å². The molecule has 0 aliphatic carbocycles. The maximum absolute atomic E-state index is 11.7. The lowest BCUT2D eigenvalue weighted by atomic mass is 10.3. The van der Waals surface area contributed by atoms with Crippen molar-refractivity contribution in [3.63, 3.8) is 0 Å². The van der Waals surface area contributed by atoms with E-state index in [9.17, 15) is 14.9 Å². The zero-order chi connectivity index (χ0) is 11.0. The highest BCUT2D eigenvalue weighted by Crippen LogP contribution is 2.10. The van der Waals surface area contributed by atoms with Crippen molar-refractivity contribution in [2.45, 2.75) is 6.92 Å². The fourth-order valence-electron chi connectivity index (χ4n) is 1.40. The molecule has 0 bridgehead atoms. The van der Waals surface area contributed by atoms with Gasteiger partial charge in [0.1, 0.15) is 11.3 Å². The van der Waals surface area contributed by atoms with Crippen LogP contribution in [0.2, 0.25) is 0 Å². The number of rotatable bonds is 1. The van der Waals surface area contributed by atoms with Crippen molar-refractivity contribution in [2.75, 3.05) is 0 Å². The van der Waals surface area contributed by atoms with Gasteiger partial charge in [0.25, 0.3) is 0 Å². The molecular weight excluding hydrogens is 198 g/mol. The third-order valence-corrected chi connectivity index (χ3v) is 2.07. The topological polar surface area (TPSA) is 77.5 Å². The summed E-state index contributed by atoms with van der Waals surface area (Å²) in [4.78, 5) is 25.6. The van der Waals surface area contributed by atoms with Crippen LogP contribution in [-0.2, 0) is 0 Å². The maximum atomic E-state index is 11.7. The summed E-state index contributed by atoms with van der Waals surface area (Å²) in [5.41, 5.74) is -0.580. The van der Waals surface area contributed by atoms with Gasteiger partial charge in [-0.2, -0.15) is 0 Å². The molecule has 0 aliphatic rings. The molecule has 0 saturated heterocycles. The third-order valence-electron chi connectivity index (χ3n) is 2.07. The molecule has 0 N–H and O–H groups in total. The highest BCUT2D eigenvalue weighted by molar-refractivity contribution is 5.44. The van der Waals surface area contributed by atoms with Crippen LogP contribution in [0.15, 0.2) is 29.2 Å². The summed E-state index contributed by atoms with van der Waals surface area (Å²) < 4.78 is 1.16. The fourth-order valence-corrected chi connectivity index (χ4v) is 1.40. The first-order valence-electron chi connectivity index (χ1n) is 4.23. The second kappa shape index (κ2) is 3.16. The lowest BCUT2D eigenvalue weighted by Gasteiger charge is -2.00. The first kappa shape index (κ1) is 9.32. The van der Waals surface area contributed by atoms with Crippen LogP contribution in [0.5, 0.6) is 0 Å². The Bertz CT molecular complexity index is 603. The Morgan fingerprint density at radius 2 is 2.20 bits per heavy atom. The molecular formula is C9H7N3O3. The van der Waals surface area contributed by atoms with E-state index in [2.05, 4.69) is 4.98 Å². The van der Waals surface area contributed by atoms with Gasteiger partial charge >= 0.3 is 11.2 Å². The van der Waals surface area contributed by atoms with Crippen LogP contribution in [0.3, 0.4) is 0 Å².